The molecule has 0 aliphatic carbocycles. The van der Waals surface area contributed by atoms with Crippen LogP contribution >= 0.6 is 15.9 Å². The van der Waals surface area contributed by atoms with E-state index in [1.165, 1.54) is 6.07 Å². The van der Waals surface area contributed by atoms with Gasteiger partial charge in [-0.15, -0.1) is 0 Å². The van der Waals surface area contributed by atoms with E-state index in [1.807, 2.05) is 0 Å². The summed E-state index contributed by atoms with van der Waals surface area (Å²) in [6.45, 7) is 2.02. The highest BCUT2D eigenvalue weighted by atomic mass is 79.9. The van der Waals surface area contributed by atoms with E-state index < -0.39 is 0 Å². The summed E-state index contributed by atoms with van der Waals surface area (Å²) < 4.78 is 19.0. The molecule has 0 atom stereocenters. The Morgan fingerprint density at radius 2 is 2.31 bits per heavy atom. The first-order chi connectivity index (χ1) is 7.65. The Hall–Kier alpha value is -1.43. The minimum absolute atomic E-state index is 0.271. The number of nitrogens with zero attached hydrogens (tertiary/aromatic N) is 2. The van der Waals surface area contributed by atoms with E-state index in [9.17, 15) is 4.39 Å². The van der Waals surface area contributed by atoms with Crippen molar-refractivity contribution in [2.75, 3.05) is 5.32 Å². The molecule has 1 aromatic heterocycles. The molecule has 2 aromatic rings. The van der Waals surface area contributed by atoms with E-state index in [2.05, 4.69) is 31.4 Å². The highest BCUT2D eigenvalue weighted by Gasteiger charge is 2.05. The van der Waals surface area contributed by atoms with Crippen molar-refractivity contribution in [2.45, 2.75) is 13.5 Å². The zero-order chi connectivity index (χ0) is 11.5. The first kappa shape index (κ1) is 11.1. The van der Waals surface area contributed by atoms with Crippen LogP contribution in [0.4, 0.5) is 10.4 Å². The predicted molar refractivity (Wildman–Crippen MR) is 60.5 cm³/mol. The Bertz CT molecular complexity index is 501. The van der Waals surface area contributed by atoms with Crippen LogP contribution < -0.4 is 5.32 Å². The molecule has 1 aromatic carbocycles. The van der Waals surface area contributed by atoms with Gasteiger partial charge in [-0.25, -0.2) is 4.39 Å². The minimum atomic E-state index is -0.271. The SMILES string of the molecule is Cc1noc(NCc2cc(Br)ccc2F)n1. The lowest BCUT2D eigenvalue weighted by Gasteiger charge is -2.03. The number of anilines is 1. The van der Waals surface area contributed by atoms with Gasteiger partial charge in [-0.1, -0.05) is 21.1 Å². The third kappa shape index (κ3) is 2.57. The largest absolute Gasteiger partial charge is 0.334 e. The van der Waals surface area contributed by atoms with Crippen LogP contribution in [0.5, 0.6) is 0 Å². The molecule has 0 bridgehead atoms. The highest BCUT2D eigenvalue weighted by Crippen LogP contribution is 2.16. The van der Waals surface area contributed by atoms with Crippen molar-refractivity contribution in [1.82, 2.24) is 10.1 Å². The summed E-state index contributed by atoms with van der Waals surface area (Å²) in [5.74, 6) is 0.268. The monoisotopic (exact) mass is 285 g/mol. The number of benzene rings is 1. The van der Waals surface area contributed by atoms with Crippen LogP contribution in [0, 0.1) is 12.7 Å². The average molecular weight is 286 g/mol. The predicted octanol–water partition coefficient (Wildman–Crippen LogP) is 2.89. The first-order valence-electron chi connectivity index (χ1n) is 4.63. The summed E-state index contributed by atoms with van der Waals surface area (Å²) in [4.78, 5) is 3.95. The summed E-state index contributed by atoms with van der Waals surface area (Å²) in [7, 11) is 0. The Balaban J connectivity index is 2.07. The van der Waals surface area contributed by atoms with Crippen molar-refractivity contribution in [3.63, 3.8) is 0 Å². The van der Waals surface area contributed by atoms with Gasteiger partial charge in [-0.3, -0.25) is 0 Å². The van der Waals surface area contributed by atoms with Crippen LogP contribution in [0.2, 0.25) is 0 Å². The van der Waals surface area contributed by atoms with Crippen molar-refractivity contribution in [3.05, 3.63) is 39.9 Å². The molecule has 0 amide bonds. The molecule has 1 N–H and O–H groups in total. The molecule has 0 saturated carbocycles. The van der Waals surface area contributed by atoms with Crippen molar-refractivity contribution < 1.29 is 8.91 Å². The lowest BCUT2D eigenvalue weighted by atomic mass is 10.2. The smallest absolute Gasteiger partial charge is 0.321 e. The van der Waals surface area contributed by atoms with E-state index in [1.54, 1.807) is 19.1 Å². The van der Waals surface area contributed by atoms with Gasteiger partial charge in [0.15, 0.2) is 5.82 Å². The number of rotatable bonds is 3. The Morgan fingerprint density at radius 3 is 3.00 bits per heavy atom. The molecule has 4 nitrogen and oxygen atoms in total. The standard InChI is InChI=1S/C10H9BrFN3O/c1-6-14-10(16-15-6)13-5-7-4-8(11)2-3-9(7)12/h2-4H,5H2,1H3,(H,13,14,15). The number of hydrogen-bond donors (Lipinski definition) is 1. The van der Waals surface area contributed by atoms with Gasteiger partial charge in [0, 0.05) is 16.6 Å². The fourth-order valence-corrected chi connectivity index (χ4v) is 1.63. The van der Waals surface area contributed by atoms with Gasteiger partial charge in [0.25, 0.3) is 0 Å². The van der Waals surface area contributed by atoms with E-state index in [0.717, 1.165) is 4.47 Å². The molecule has 0 unspecified atom stereocenters. The van der Waals surface area contributed by atoms with Gasteiger partial charge >= 0.3 is 6.01 Å². The zero-order valence-electron chi connectivity index (χ0n) is 8.50. The molecule has 0 saturated heterocycles. The van der Waals surface area contributed by atoms with E-state index in [4.69, 9.17) is 4.52 Å². The fourth-order valence-electron chi connectivity index (χ4n) is 1.22. The molecule has 1 heterocycles. The molecule has 6 heteroatoms. The highest BCUT2D eigenvalue weighted by molar-refractivity contribution is 9.10. The van der Waals surface area contributed by atoms with Crippen molar-refractivity contribution in [3.8, 4) is 0 Å². The number of nitrogens with one attached hydrogen (secondary N) is 1. The summed E-state index contributed by atoms with van der Waals surface area (Å²) in [6.07, 6.45) is 0. The second-order valence-electron chi connectivity index (χ2n) is 3.24. The van der Waals surface area contributed by atoms with Crippen molar-refractivity contribution in [2.24, 2.45) is 0 Å². The molecule has 0 aliphatic heterocycles. The van der Waals surface area contributed by atoms with Crippen LogP contribution in [0.25, 0.3) is 0 Å². The van der Waals surface area contributed by atoms with Gasteiger partial charge in [-0.05, 0) is 25.1 Å². The van der Waals surface area contributed by atoms with Crippen molar-refractivity contribution in [1.29, 1.82) is 0 Å². The third-order valence-corrected chi connectivity index (χ3v) is 2.46. The minimum Gasteiger partial charge on any atom is -0.334 e. The zero-order valence-corrected chi connectivity index (χ0v) is 10.1. The van der Waals surface area contributed by atoms with Crippen LogP contribution in [0.1, 0.15) is 11.4 Å². The second-order valence-corrected chi connectivity index (χ2v) is 4.15. The van der Waals surface area contributed by atoms with Gasteiger partial charge < -0.3 is 9.84 Å². The van der Waals surface area contributed by atoms with E-state index in [0.29, 0.717) is 17.9 Å². The maximum atomic E-state index is 13.4. The van der Waals surface area contributed by atoms with Crippen molar-refractivity contribution >= 4 is 21.9 Å². The fraction of sp³-hybridized carbons (Fsp3) is 0.200. The van der Waals surface area contributed by atoms with Gasteiger partial charge in [0.1, 0.15) is 5.82 Å². The third-order valence-electron chi connectivity index (χ3n) is 1.97. The molecule has 0 fully saturated rings. The molecular formula is C10H9BrFN3O. The van der Waals surface area contributed by atoms with Crippen LogP contribution in [0.3, 0.4) is 0 Å². The van der Waals surface area contributed by atoms with E-state index >= 15 is 0 Å². The Kier molecular flexibility index (Phi) is 3.19. The molecule has 0 radical (unpaired) electrons. The second kappa shape index (κ2) is 4.61. The first-order valence-corrected chi connectivity index (χ1v) is 5.42. The number of aromatic nitrogens is 2. The number of aryl methyl sites for hydroxylation is 1. The number of hydrogen-bond acceptors (Lipinski definition) is 4. The van der Waals surface area contributed by atoms with Gasteiger partial charge in [0.2, 0.25) is 0 Å². The maximum Gasteiger partial charge on any atom is 0.321 e. The molecule has 0 aliphatic rings. The molecule has 0 spiro atoms. The summed E-state index contributed by atoms with van der Waals surface area (Å²) >= 11 is 3.28. The summed E-state index contributed by atoms with van der Waals surface area (Å²) in [5, 5.41) is 6.47. The molecular weight excluding hydrogens is 277 g/mol. The normalized spacial score (nSPS) is 10.4. The van der Waals surface area contributed by atoms with Gasteiger partial charge in [-0.2, -0.15) is 4.98 Å². The molecule has 2 rings (SSSR count). The topological polar surface area (TPSA) is 51.0 Å². The van der Waals surface area contributed by atoms with Crippen LogP contribution in [0.15, 0.2) is 27.2 Å². The van der Waals surface area contributed by atoms with Crippen LogP contribution in [-0.4, -0.2) is 10.1 Å². The van der Waals surface area contributed by atoms with Crippen LogP contribution in [-0.2, 0) is 6.54 Å². The van der Waals surface area contributed by atoms with Gasteiger partial charge in [0.05, 0.1) is 0 Å². The summed E-state index contributed by atoms with van der Waals surface area (Å²) in [5.41, 5.74) is 0.533. The van der Waals surface area contributed by atoms with E-state index in [-0.39, 0.29) is 11.8 Å². The quantitative estimate of drug-likeness (QED) is 0.942. The molecule has 16 heavy (non-hydrogen) atoms. The lowest BCUT2D eigenvalue weighted by Crippen LogP contribution is -2.02. The Morgan fingerprint density at radius 1 is 1.50 bits per heavy atom. The lowest BCUT2D eigenvalue weighted by molar-refractivity contribution is 0.425. The average Bonchev–Trinajstić information content (AvgIpc) is 2.66. The maximum absolute atomic E-state index is 13.4. The Labute approximate surface area is 100.0 Å². The summed E-state index contributed by atoms with van der Waals surface area (Å²) in [6, 6.07) is 5.04. The molecule has 84 valence electrons. The number of halogens is 2.